The number of ether oxygens (including phenoxy) is 2. The average molecular weight is 284 g/mol. The summed E-state index contributed by atoms with van der Waals surface area (Å²) in [6, 6.07) is 0. The van der Waals surface area contributed by atoms with Crippen LogP contribution >= 0.6 is 0 Å². The average Bonchev–Trinajstić information content (AvgIpc) is 3.01. The van der Waals surface area contributed by atoms with Crippen molar-refractivity contribution in [3.63, 3.8) is 0 Å². The van der Waals surface area contributed by atoms with Gasteiger partial charge in [-0.3, -0.25) is 4.79 Å². The van der Waals surface area contributed by atoms with Crippen molar-refractivity contribution < 1.29 is 24.5 Å². The molecule has 1 fully saturated rings. The third kappa shape index (κ3) is 4.12. The number of allylic oxidation sites excluding steroid dienone is 1. The van der Waals surface area contributed by atoms with Gasteiger partial charge in [-0.15, -0.1) is 0 Å². The van der Waals surface area contributed by atoms with Gasteiger partial charge < -0.3 is 19.7 Å². The zero-order valence-electron chi connectivity index (χ0n) is 11.8. The normalized spacial score (nSPS) is 25.2. The van der Waals surface area contributed by atoms with E-state index in [2.05, 4.69) is 0 Å². The molecule has 1 aliphatic heterocycles. The van der Waals surface area contributed by atoms with E-state index in [1.165, 1.54) is 0 Å². The molecule has 0 aromatic heterocycles. The van der Waals surface area contributed by atoms with E-state index in [-0.39, 0.29) is 18.8 Å². The summed E-state index contributed by atoms with van der Waals surface area (Å²) in [7, 11) is 0. The van der Waals surface area contributed by atoms with Crippen molar-refractivity contribution in [1.29, 1.82) is 0 Å². The Labute approximate surface area is 119 Å². The Kier molecular flexibility index (Phi) is 5.72. The van der Waals surface area contributed by atoms with Crippen LogP contribution in [0.15, 0.2) is 11.6 Å². The molecule has 0 amide bonds. The number of Topliss-reactive ketones (excluding diaryl/α,β-unsaturated/α-hetero) is 1. The van der Waals surface area contributed by atoms with Gasteiger partial charge in [-0.25, -0.2) is 0 Å². The van der Waals surface area contributed by atoms with E-state index in [4.69, 9.17) is 9.47 Å². The second kappa shape index (κ2) is 7.31. The number of unbranched alkanes of at least 4 members (excludes halogenated alkanes) is 3. The first kappa shape index (κ1) is 15.6. The zero-order valence-corrected chi connectivity index (χ0v) is 11.8. The lowest BCUT2D eigenvalue weighted by atomic mass is 10.0. The first-order valence-electron chi connectivity index (χ1n) is 7.46. The van der Waals surface area contributed by atoms with Crippen LogP contribution in [0.3, 0.4) is 0 Å². The molecule has 0 spiro atoms. The van der Waals surface area contributed by atoms with Gasteiger partial charge in [0.15, 0.2) is 11.6 Å². The van der Waals surface area contributed by atoms with E-state index in [0.717, 1.165) is 37.7 Å². The lowest BCUT2D eigenvalue weighted by molar-refractivity contribution is -0.187. The topological polar surface area (TPSA) is 76.0 Å². The summed E-state index contributed by atoms with van der Waals surface area (Å²) < 4.78 is 10.9. The molecule has 1 saturated heterocycles. The highest BCUT2D eigenvalue weighted by Crippen LogP contribution is 2.26. The minimum atomic E-state index is -0.770. The molecule has 0 bridgehead atoms. The molecule has 2 aliphatic rings. The van der Waals surface area contributed by atoms with Crippen LogP contribution in [0, 0.1) is 0 Å². The smallest absolute Gasteiger partial charge is 0.191 e. The summed E-state index contributed by atoms with van der Waals surface area (Å²) in [6.07, 6.45) is 6.79. The Hall–Kier alpha value is -0.750. The van der Waals surface area contributed by atoms with Gasteiger partial charge >= 0.3 is 0 Å². The van der Waals surface area contributed by atoms with Gasteiger partial charge in [0.05, 0.1) is 25.9 Å². The maximum Gasteiger partial charge on any atom is 0.191 e. The second-order valence-corrected chi connectivity index (χ2v) is 5.57. The number of aliphatic hydroxyl groups excluding tert-OH is 2. The van der Waals surface area contributed by atoms with Crippen molar-refractivity contribution in [2.24, 2.45) is 0 Å². The van der Waals surface area contributed by atoms with E-state index in [0.29, 0.717) is 19.6 Å². The molecule has 1 aliphatic carbocycles. The van der Waals surface area contributed by atoms with Crippen LogP contribution in [-0.4, -0.2) is 47.7 Å². The Balaban J connectivity index is 1.56. The van der Waals surface area contributed by atoms with Crippen LogP contribution in [0.4, 0.5) is 0 Å². The number of ketones is 1. The van der Waals surface area contributed by atoms with Crippen molar-refractivity contribution in [3.8, 4) is 0 Å². The van der Waals surface area contributed by atoms with Gasteiger partial charge in [-0.05, 0) is 30.9 Å². The van der Waals surface area contributed by atoms with Gasteiger partial charge in [0.2, 0.25) is 0 Å². The van der Waals surface area contributed by atoms with Crippen molar-refractivity contribution in [2.45, 2.75) is 56.8 Å². The summed E-state index contributed by atoms with van der Waals surface area (Å²) in [4.78, 5) is 11.5. The summed E-state index contributed by atoms with van der Waals surface area (Å²) in [5.74, 6) is -0.682. The second-order valence-electron chi connectivity index (χ2n) is 5.57. The van der Waals surface area contributed by atoms with Crippen molar-refractivity contribution in [1.82, 2.24) is 0 Å². The van der Waals surface area contributed by atoms with Crippen LogP contribution < -0.4 is 0 Å². The molecule has 0 aromatic rings. The molecule has 5 nitrogen and oxygen atoms in total. The summed E-state index contributed by atoms with van der Waals surface area (Å²) >= 11 is 0. The molecule has 114 valence electrons. The fraction of sp³-hybridized carbons (Fsp3) is 0.800. The number of hydrogen-bond donors (Lipinski definition) is 2. The number of hydrogen-bond acceptors (Lipinski definition) is 5. The van der Waals surface area contributed by atoms with Gasteiger partial charge in [0.1, 0.15) is 0 Å². The molecular weight excluding hydrogens is 260 g/mol. The van der Waals surface area contributed by atoms with Crippen LogP contribution in [0.25, 0.3) is 0 Å². The fourth-order valence-electron chi connectivity index (χ4n) is 2.80. The molecule has 2 rings (SSSR count). The standard InChI is InChI=1S/C15H24O5/c16-11-15(19-7-8-20-15)6-4-2-1-3-5-12-9-13(17)10-14(12)18/h9,13,16-17H,1-8,10-11H2. The van der Waals surface area contributed by atoms with Gasteiger partial charge in [-0.1, -0.05) is 12.8 Å². The number of aliphatic hydroxyl groups is 2. The monoisotopic (exact) mass is 284 g/mol. The highest BCUT2D eigenvalue weighted by atomic mass is 16.7. The minimum absolute atomic E-state index is 0.0875. The number of rotatable bonds is 8. The molecule has 0 saturated carbocycles. The summed E-state index contributed by atoms with van der Waals surface area (Å²) in [5, 5.41) is 18.6. The minimum Gasteiger partial charge on any atom is -0.391 e. The number of carbonyl (C=O) groups excluding carboxylic acids is 1. The maximum absolute atomic E-state index is 11.5. The molecule has 1 atom stereocenters. The first-order valence-corrected chi connectivity index (χ1v) is 7.46. The van der Waals surface area contributed by atoms with Crippen LogP contribution in [0.2, 0.25) is 0 Å². The van der Waals surface area contributed by atoms with Crippen molar-refractivity contribution >= 4 is 5.78 Å². The van der Waals surface area contributed by atoms with Gasteiger partial charge in [-0.2, -0.15) is 0 Å². The van der Waals surface area contributed by atoms with E-state index in [1.807, 2.05) is 0 Å². The molecule has 20 heavy (non-hydrogen) atoms. The summed E-state index contributed by atoms with van der Waals surface area (Å²) in [6.45, 7) is 1.02. The maximum atomic E-state index is 11.5. The third-order valence-corrected chi connectivity index (χ3v) is 3.95. The Morgan fingerprint density at radius 3 is 2.50 bits per heavy atom. The number of carbonyl (C=O) groups is 1. The van der Waals surface area contributed by atoms with Gasteiger partial charge in [0.25, 0.3) is 0 Å². The summed E-state index contributed by atoms with van der Waals surface area (Å²) in [5.41, 5.74) is 0.784. The van der Waals surface area contributed by atoms with E-state index in [9.17, 15) is 15.0 Å². The Morgan fingerprint density at radius 2 is 1.90 bits per heavy atom. The zero-order chi connectivity index (χ0) is 14.4. The molecule has 1 unspecified atom stereocenters. The van der Waals surface area contributed by atoms with Gasteiger partial charge in [0, 0.05) is 12.8 Å². The van der Waals surface area contributed by atoms with Crippen LogP contribution in [0.1, 0.15) is 44.9 Å². The Bertz CT molecular complexity index is 357. The molecule has 5 heteroatoms. The fourth-order valence-corrected chi connectivity index (χ4v) is 2.80. The highest BCUT2D eigenvalue weighted by Gasteiger charge is 2.35. The molecule has 0 aromatic carbocycles. The van der Waals surface area contributed by atoms with Crippen LogP contribution in [0.5, 0.6) is 0 Å². The highest BCUT2D eigenvalue weighted by molar-refractivity contribution is 5.98. The first-order chi connectivity index (χ1) is 9.65. The van der Waals surface area contributed by atoms with Crippen molar-refractivity contribution in [3.05, 3.63) is 11.6 Å². The molecule has 1 heterocycles. The lowest BCUT2D eigenvalue weighted by Gasteiger charge is -2.24. The van der Waals surface area contributed by atoms with Crippen molar-refractivity contribution in [2.75, 3.05) is 19.8 Å². The van der Waals surface area contributed by atoms with E-state index >= 15 is 0 Å². The van der Waals surface area contributed by atoms with Crippen LogP contribution in [-0.2, 0) is 14.3 Å². The van der Waals surface area contributed by atoms with E-state index in [1.54, 1.807) is 6.08 Å². The Morgan fingerprint density at radius 1 is 1.20 bits per heavy atom. The third-order valence-electron chi connectivity index (χ3n) is 3.95. The predicted octanol–water partition coefficient (Wildman–Crippen LogP) is 1.32. The SMILES string of the molecule is O=C1CC(O)C=C1CCCCCCC1(CO)OCCO1. The quantitative estimate of drug-likeness (QED) is 0.658. The molecule has 2 N–H and O–H groups in total. The largest absolute Gasteiger partial charge is 0.391 e. The predicted molar refractivity (Wildman–Crippen MR) is 73.1 cm³/mol. The lowest BCUT2D eigenvalue weighted by Crippen LogP contribution is -2.34. The van der Waals surface area contributed by atoms with E-state index < -0.39 is 11.9 Å². The molecule has 0 radical (unpaired) electrons. The molecular formula is C15H24O5.